The fourth-order valence-corrected chi connectivity index (χ4v) is 3.09. The highest BCUT2D eigenvalue weighted by atomic mass is 35.5. The van der Waals surface area contributed by atoms with Gasteiger partial charge in [0.2, 0.25) is 5.91 Å². The number of nitrogens with one attached hydrogen (secondary N) is 2. The van der Waals surface area contributed by atoms with Crippen molar-refractivity contribution in [2.24, 2.45) is 5.41 Å². The highest BCUT2D eigenvalue weighted by Crippen LogP contribution is 2.36. The van der Waals surface area contributed by atoms with E-state index in [1.165, 1.54) is 0 Å². The minimum Gasteiger partial charge on any atom is -0.323 e. The molecule has 1 aromatic rings. The van der Waals surface area contributed by atoms with Crippen molar-refractivity contribution in [1.82, 2.24) is 5.32 Å². The van der Waals surface area contributed by atoms with Crippen LogP contribution in [0.1, 0.15) is 26.2 Å². The van der Waals surface area contributed by atoms with E-state index in [1.54, 1.807) is 0 Å². The van der Waals surface area contributed by atoms with Crippen molar-refractivity contribution in [3.63, 3.8) is 0 Å². The molecule has 1 unspecified atom stereocenters. The zero-order valence-electron chi connectivity index (χ0n) is 11.2. The molecule has 20 heavy (non-hydrogen) atoms. The second kappa shape index (κ2) is 6.29. The van der Waals surface area contributed by atoms with Gasteiger partial charge in [-0.25, -0.2) is 4.39 Å². The summed E-state index contributed by atoms with van der Waals surface area (Å²) in [6.07, 6.45) is 2.49. The molecule has 0 spiro atoms. The quantitative estimate of drug-likeness (QED) is 0.888. The zero-order valence-corrected chi connectivity index (χ0v) is 12.7. The third-order valence-electron chi connectivity index (χ3n) is 3.88. The van der Waals surface area contributed by atoms with Crippen molar-refractivity contribution >= 4 is 34.8 Å². The largest absolute Gasteiger partial charge is 0.323 e. The van der Waals surface area contributed by atoms with E-state index in [-0.39, 0.29) is 21.6 Å². The van der Waals surface area contributed by atoms with Gasteiger partial charge in [-0.3, -0.25) is 4.79 Å². The molecule has 3 nitrogen and oxygen atoms in total. The highest BCUT2D eigenvalue weighted by Gasteiger charge is 2.38. The van der Waals surface area contributed by atoms with E-state index < -0.39 is 11.2 Å². The molecular formula is C14H17Cl2FN2O. The Morgan fingerprint density at radius 1 is 1.45 bits per heavy atom. The van der Waals surface area contributed by atoms with Gasteiger partial charge in [-0.2, -0.15) is 0 Å². The van der Waals surface area contributed by atoms with E-state index in [0.29, 0.717) is 6.54 Å². The molecule has 1 amide bonds. The molecular weight excluding hydrogens is 302 g/mol. The van der Waals surface area contributed by atoms with Crippen molar-refractivity contribution < 1.29 is 9.18 Å². The summed E-state index contributed by atoms with van der Waals surface area (Å²) in [7, 11) is 0. The van der Waals surface area contributed by atoms with Gasteiger partial charge in [0.25, 0.3) is 0 Å². The van der Waals surface area contributed by atoms with Gasteiger partial charge in [-0.1, -0.05) is 30.1 Å². The Balaban J connectivity index is 2.23. The molecule has 1 aromatic carbocycles. The Morgan fingerprint density at radius 2 is 2.10 bits per heavy atom. The van der Waals surface area contributed by atoms with Crippen molar-refractivity contribution in [1.29, 1.82) is 0 Å². The van der Waals surface area contributed by atoms with Gasteiger partial charge in [0.05, 0.1) is 21.1 Å². The lowest BCUT2D eigenvalue weighted by atomic mass is 9.77. The van der Waals surface area contributed by atoms with Crippen LogP contribution in [0.3, 0.4) is 0 Å². The van der Waals surface area contributed by atoms with Crippen LogP contribution in [0.4, 0.5) is 10.1 Å². The Labute approximate surface area is 127 Å². The highest BCUT2D eigenvalue weighted by molar-refractivity contribution is 6.39. The number of carbonyl (C=O) groups excluding carboxylic acids is 1. The molecule has 1 fully saturated rings. The van der Waals surface area contributed by atoms with E-state index in [2.05, 4.69) is 10.6 Å². The minimum atomic E-state index is -0.525. The van der Waals surface area contributed by atoms with Gasteiger partial charge in [-0.15, -0.1) is 0 Å². The van der Waals surface area contributed by atoms with Gasteiger partial charge in [-0.05, 0) is 37.9 Å². The summed E-state index contributed by atoms with van der Waals surface area (Å²) in [5.74, 6) is -0.648. The molecule has 0 bridgehead atoms. The van der Waals surface area contributed by atoms with Crippen LogP contribution >= 0.6 is 23.2 Å². The number of amides is 1. The average molecular weight is 319 g/mol. The average Bonchev–Trinajstić information content (AvgIpc) is 2.43. The Kier molecular flexibility index (Phi) is 4.89. The lowest BCUT2D eigenvalue weighted by Gasteiger charge is -2.35. The molecule has 2 rings (SSSR count). The summed E-state index contributed by atoms with van der Waals surface area (Å²) in [6.45, 7) is 3.54. The number of halogens is 3. The van der Waals surface area contributed by atoms with E-state index in [9.17, 15) is 9.18 Å². The van der Waals surface area contributed by atoms with Crippen LogP contribution in [-0.2, 0) is 4.79 Å². The maximum Gasteiger partial charge on any atom is 0.231 e. The molecule has 1 heterocycles. The summed E-state index contributed by atoms with van der Waals surface area (Å²) < 4.78 is 13.2. The van der Waals surface area contributed by atoms with E-state index in [1.807, 2.05) is 6.92 Å². The van der Waals surface area contributed by atoms with E-state index in [0.717, 1.165) is 37.9 Å². The molecule has 0 aliphatic carbocycles. The molecule has 1 saturated heterocycles. The second-order valence-electron chi connectivity index (χ2n) is 5.11. The van der Waals surface area contributed by atoms with Crippen molar-refractivity contribution in [3.05, 3.63) is 28.0 Å². The predicted molar refractivity (Wildman–Crippen MR) is 79.9 cm³/mol. The molecule has 0 saturated carbocycles. The number of carbonyl (C=O) groups is 1. The smallest absolute Gasteiger partial charge is 0.231 e. The van der Waals surface area contributed by atoms with Crippen molar-refractivity contribution in [3.8, 4) is 0 Å². The first-order valence-corrected chi connectivity index (χ1v) is 7.41. The molecule has 0 aromatic heterocycles. The molecule has 2 N–H and O–H groups in total. The van der Waals surface area contributed by atoms with Gasteiger partial charge in [0.15, 0.2) is 0 Å². The monoisotopic (exact) mass is 318 g/mol. The fourth-order valence-electron chi connectivity index (χ4n) is 2.53. The molecule has 110 valence electrons. The summed E-state index contributed by atoms with van der Waals surface area (Å²) in [6, 6.07) is 2.28. The standard InChI is InChI=1S/C14H17Cl2FN2O/c1-2-14(4-3-5-18-8-14)13(20)19-12-10(15)6-9(17)7-11(12)16/h6-7,18H,2-5,8H2,1H3,(H,19,20). The lowest BCUT2D eigenvalue weighted by molar-refractivity contribution is -0.126. The third-order valence-corrected chi connectivity index (χ3v) is 4.47. The maximum atomic E-state index is 13.2. The number of hydrogen-bond acceptors (Lipinski definition) is 2. The Morgan fingerprint density at radius 3 is 2.60 bits per heavy atom. The SMILES string of the molecule is CCC1(C(=O)Nc2c(Cl)cc(F)cc2Cl)CCCNC1. The van der Waals surface area contributed by atoms with Crippen LogP contribution in [0.2, 0.25) is 10.0 Å². The molecule has 1 aliphatic rings. The summed E-state index contributed by atoms with van der Waals surface area (Å²) >= 11 is 11.9. The normalized spacial score (nSPS) is 22.6. The number of rotatable bonds is 3. The van der Waals surface area contributed by atoms with Crippen LogP contribution in [0.25, 0.3) is 0 Å². The number of hydrogen-bond donors (Lipinski definition) is 2. The topological polar surface area (TPSA) is 41.1 Å². The van der Waals surface area contributed by atoms with Crippen molar-refractivity contribution in [2.75, 3.05) is 18.4 Å². The van der Waals surface area contributed by atoms with Crippen LogP contribution in [-0.4, -0.2) is 19.0 Å². The second-order valence-corrected chi connectivity index (χ2v) is 5.93. The summed E-state index contributed by atoms with van der Waals surface area (Å²) in [4.78, 5) is 12.5. The minimum absolute atomic E-state index is 0.110. The first-order valence-electron chi connectivity index (χ1n) is 6.65. The number of piperidine rings is 1. The van der Waals surface area contributed by atoms with Crippen LogP contribution in [0.5, 0.6) is 0 Å². The van der Waals surface area contributed by atoms with Gasteiger partial charge in [0.1, 0.15) is 5.82 Å². The molecule has 6 heteroatoms. The lowest BCUT2D eigenvalue weighted by Crippen LogP contribution is -2.47. The summed E-state index contributed by atoms with van der Waals surface area (Å²) in [5.41, 5.74) is -0.183. The first kappa shape index (κ1) is 15.5. The van der Waals surface area contributed by atoms with Crippen LogP contribution in [0, 0.1) is 11.2 Å². The predicted octanol–water partition coefficient (Wildman–Crippen LogP) is 3.85. The van der Waals surface area contributed by atoms with Gasteiger partial charge < -0.3 is 10.6 Å². The maximum absolute atomic E-state index is 13.2. The van der Waals surface area contributed by atoms with Crippen molar-refractivity contribution in [2.45, 2.75) is 26.2 Å². The summed E-state index contributed by atoms with van der Waals surface area (Å²) in [5, 5.41) is 6.22. The number of benzene rings is 1. The Hall–Kier alpha value is -0.840. The van der Waals surface area contributed by atoms with Gasteiger partial charge >= 0.3 is 0 Å². The molecule has 0 radical (unpaired) electrons. The molecule has 1 aliphatic heterocycles. The van der Waals surface area contributed by atoms with E-state index >= 15 is 0 Å². The van der Waals surface area contributed by atoms with Crippen LogP contribution < -0.4 is 10.6 Å². The first-order chi connectivity index (χ1) is 9.48. The van der Waals surface area contributed by atoms with Crippen LogP contribution in [0.15, 0.2) is 12.1 Å². The Bertz CT molecular complexity index is 493. The van der Waals surface area contributed by atoms with E-state index in [4.69, 9.17) is 23.2 Å². The zero-order chi connectivity index (χ0) is 14.8. The molecule has 1 atom stereocenters. The fraction of sp³-hybridized carbons (Fsp3) is 0.500. The number of anilines is 1. The van der Waals surface area contributed by atoms with Gasteiger partial charge in [0, 0.05) is 6.54 Å². The third kappa shape index (κ3) is 3.08.